The van der Waals surface area contributed by atoms with Crippen molar-refractivity contribution in [1.29, 1.82) is 0 Å². The van der Waals surface area contributed by atoms with E-state index in [1.807, 2.05) is 72.1 Å². The zero-order valence-corrected chi connectivity index (χ0v) is 19.4. The van der Waals surface area contributed by atoms with Gasteiger partial charge in [0.15, 0.2) is 0 Å². The van der Waals surface area contributed by atoms with Gasteiger partial charge in [-0.25, -0.2) is 19.9 Å². The molecule has 0 aliphatic heterocycles. The number of nitrogens with one attached hydrogen (secondary N) is 1. The van der Waals surface area contributed by atoms with E-state index < -0.39 is 0 Å². The van der Waals surface area contributed by atoms with Crippen molar-refractivity contribution < 1.29 is 0 Å². The molecule has 172 valence electrons. The van der Waals surface area contributed by atoms with E-state index >= 15 is 0 Å². The minimum atomic E-state index is 0.657. The Morgan fingerprint density at radius 3 is 2.54 bits per heavy atom. The Kier molecular flexibility index (Phi) is 5.07. The molecule has 0 amide bonds. The Morgan fingerprint density at radius 2 is 1.77 bits per heavy atom. The summed E-state index contributed by atoms with van der Waals surface area (Å²) in [6.45, 7) is 2.63. The summed E-state index contributed by atoms with van der Waals surface area (Å²) in [6, 6.07) is 14.5. The molecule has 6 aromatic rings. The molecule has 0 fully saturated rings. The van der Waals surface area contributed by atoms with Crippen molar-refractivity contribution in [3.8, 4) is 28.2 Å². The molecule has 6 rings (SSSR count). The molecule has 9 heteroatoms. The number of aromatic nitrogens is 8. The van der Waals surface area contributed by atoms with Crippen LogP contribution >= 0.6 is 0 Å². The average Bonchev–Trinajstić information content (AvgIpc) is 3.62. The lowest BCUT2D eigenvalue weighted by atomic mass is 10.1. The van der Waals surface area contributed by atoms with Crippen molar-refractivity contribution in [2.75, 3.05) is 5.32 Å². The van der Waals surface area contributed by atoms with E-state index in [4.69, 9.17) is 0 Å². The predicted molar refractivity (Wildman–Crippen MR) is 134 cm³/mol. The molecule has 0 radical (unpaired) electrons. The third-order valence-corrected chi connectivity index (χ3v) is 5.90. The van der Waals surface area contributed by atoms with Gasteiger partial charge in [0.2, 0.25) is 0 Å². The van der Waals surface area contributed by atoms with Crippen LogP contribution < -0.4 is 5.32 Å². The molecular formula is C26H23N9. The molecule has 0 atom stereocenters. The monoisotopic (exact) mass is 461 g/mol. The lowest BCUT2D eigenvalue weighted by Crippen LogP contribution is -2.02. The first-order valence-electron chi connectivity index (χ1n) is 11.2. The Balaban J connectivity index is 1.19. The van der Waals surface area contributed by atoms with Crippen molar-refractivity contribution in [3.63, 3.8) is 0 Å². The fourth-order valence-electron chi connectivity index (χ4n) is 4.05. The van der Waals surface area contributed by atoms with Crippen molar-refractivity contribution in [2.24, 2.45) is 7.05 Å². The van der Waals surface area contributed by atoms with Crippen LogP contribution in [-0.4, -0.2) is 38.7 Å². The second-order valence-corrected chi connectivity index (χ2v) is 8.42. The van der Waals surface area contributed by atoms with Gasteiger partial charge >= 0.3 is 0 Å². The summed E-state index contributed by atoms with van der Waals surface area (Å²) in [4.78, 5) is 17.8. The highest BCUT2D eigenvalue weighted by Gasteiger charge is 2.10. The maximum absolute atomic E-state index is 4.59. The van der Waals surface area contributed by atoms with Gasteiger partial charge in [0.25, 0.3) is 0 Å². The van der Waals surface area contributed by atoms with Gasteiger partial charge in [-0.05, 0) is 24.1 Å². The lowest BCUT2D eigenvalue weighted by molar-refractivity contribution is 0.768. The van der Waals surface area contributed by atoms with Crippen LogP contribution in [0.3, 0.4) is 0 Å². The molecule has 9 nitrogen and oxygen atoms in total. The number of nitrogens with zero attached hydrogens (tertiary/aromatic N) is 8. The van der Waals surface area contributed by atoms with E-state index in [1.165, 1.54) is 0 Å². The van der Waals surface area contributed by atoms with E-state index in [1.54, 1.807) is 17.3 Å². The summed E-state index contributed by atoms with van der Waals surface area (Å²) in [5.41, 5.74) is 7.93. The second kappa shape index (κ2) is 8.53. The summed E-state index contributed by atoms with van der Waals surface area (Å²) in [5, 5.41) is 7.64. The Morgan fingerprint density at radius 1 is 0.886 bits per heavy atom. The second-order valence-electron chi connectivity index (χ2n) is 8.42. The number of hydrogen-bond donors (Lipinski definition) is 1. The normalized spacial score (nSPS) is 11.3. The lowest BCUT2D eigenvalue weighted by Gasteiger charge is -2.08. The van der Waals surface area contributed by atoms with Crippen molar-refractivity contribution in [2.45, 2.75) is 13.5 Å². The molecular weight excluding hydrogens is 438 g/mol. The van der Waals surface area contributed by atoms with Gasteiger partial charge in [0.05, 0.1) is 41.5 Å². The summed E-state index contributed by atoms with van der Waals surface area (Å²) in [6.07, 6.45) is 13.1. The molecule has 5 aromatic heterocycles. The number of rotatable bonds is 6. The van der Waals surface area contributed by atoms with Crippen molar-refractivity contribution in [3.05, 3.63) is 97.4 Å². The average molecular weight is 462 g/mol. The molecule has 0 saturated heterocycles. The van der Waals surface area contributed by atoms with Crippen LogP contribution in [0.2, 0.25) is 0 Å². The van der Waals surface area contributed by atoms with Crippen molar-refractivity contribution in [1.82, 2.24) is 38.7 Å². The summed E-state index contributed by atoms with van der Waals surface area (Å²) >= 11 is 0. The van der Waals surface area contributed by atoms with Crippen LogP contribution in [-0.2, 0) is 13.6 Å². The molecule has 35 heavy (non-hydrogen) atoms. The third-order valence-electron chi connectivity index (χ3n) is 5.90. The van der Waals surface area contributed by atoms with Crippen LogP contribution in [0.5, 0.6) is 0 Å². The van der Waals surface area contributed by atoms with Crippen LogP contribution in [0.4, 0.5) is 5.82 Å². The number of hydrogen-bond acceptors (Lipinski definition) is 6. The fraction of sp³-hybridized carbons (Fsp3) is 0.115. The molecule has 0 bridgehead atoms. The first-order chi connectivity index (χ1) is 17.1. The van der Waals surface area contributed by atoms with Crippen LogP contribution in [0.15, 0.2) is 86.1 Å². The van der Waals surface area contributed by atoms with E-state index in [2.05, 4.69) is 54.6 Å². The van der Waals surface area contributed by atoms with Gasteiger partial charge in [-0.15, -0.1) is 0 Å². The quantitative estimate of drug-likeness (QED) is 0.398. The van der Waals surface area contributed by atoms with Gasteiger partial charge in [0.1, 0.15) is 17.8 Å². The minimum Gasteiger partial charge on any atom is -0.366 e. The number of pyridine rings is 1. The number of anilines is 1. The molecule has 5 heterocycles. The predicted octanol–water partition coefficient (Wildman–Crippen LogP) is 4.30. The van der Waals surface area contributed by atoms with Crippen LogP contribution in [0.25, 0.3) is 33.8 Å². The maximum Gasteiger partial charge on any atom is 0.139 e. The molecule has 0 spiro atoms. The smallest absolute Gasteiger partial charge is 0.139 e. The van der Waals surface area contributed by atoms with E-state index in [-0.39, 0.29) is 0 Å². The number of benzene rings is 1. The van der Waals surface area contributed by atoms with Crippen molar-refractivity contribution >= 4 is 11.5 Å². The largest absolute Gasteiger partial charge is 0.366 e. The number of fused-ring (bicyclic) bond motifs is 1. The first kappa shape index (κ1) is 20.8. The summed E-state index contributed by atoms with van der Waals surface area (Å²) in [5.74, 6) is 0.756. The third kappa shape index (κ3) is 4.15. The van der Waals surface area contributed by atoms with Gasteiger partial charge < -0.3 is 9.88 Å². The SMILES string of the molecule is Cc1cn(-c2ccn3c(-c4cc(NCc5ccc(-c6cnn(C)c6)cc5)ncn4)cnc3c2)cn1. The van der Waals surface area contributed by atoms with Crippen LogP contribution in [0.1, 0.15) is 11.3 Å². The van der Waals surface area contributed by atoms with E-state index in [0.717, 1.165) is 50.9 Å². The number of imidazole rings is 2. The highest BCUT2D eigenvalue weighted by molar-refractivity contribution is 5.64. The Hall–Kier alpha value is -4.79. The van der Waals surface area contributed by atoms with Gasteiger partial charge in [-0.3, -0.25) is 9.08 Å². The fourth-order valence-corrected chi connectivity index (χ4v) is 4.05. The van der Waals surface area contributed by atoms with Gasteiger partial charge in [0, 0.05) is 49.9 Å². The standard InChI is InChI=1S/C26H23N9/c1-18-14-34(17-31-18)22-7-8-35-24(13-28-26(35)9-22)23-10-25(30-16-29-23)27-11-19-3-5-20(6-4-19)21-12-32-33(2)15-21/h3-10,12-17H,11H2,1-2H3,(H,27,29,30). The summed E-state index contributed by atoms with van der Waals surface area (Å²) in [7, 11) is 1.92. The van der Waals surface area contributed by atoms with E-state index in [9.17, 15) is 0 Å². The van der Waals surface area contributed by atoms with Gasteiger partial charge in [-0.1, -0.05) is 24.3 Å². The molecule has 0 aliphatic carbocycles. The molecule has 0 aliphatic rings. The van der Waals surface area contributed by atoms with E-state index in [0.29, 0.717) is 6.54 Å². The Bertz CT molecular complexity index is 1620. The zero-order chi connectivity index (χ0) is 23.8. The van der Waals surface area contributed by atoms with Crippen LogP contribution in [0, 0.1) is 6.92 Å². The Labute approximate surface area is 201 Å². The first-order valence-corrected chi connectivity index (χ1v) is 11.2. The molecule has 1 aromatic carbocycles. The van der Waals surface area contributed by atoms with Gasteiger partial charge in [-0.2, -0.15) is 5.10 Å². The molecule has 0 saturated carbocycles. The highest BCUT2D eigenvalue weighted by atomic mass is 15.2. The highest BCUT2D eigenvalue weighted by Crippen LogP contribution is 2.23. The molecule has 1 N–H and O–H groups in total. The number of aryl methyl sites for hydroxylation is 2. The molecule has 0 unspecified atom stereocenters. The summed E-state index contributed by atoms with van der Waals surface area (Å²) < 4.78 is 5.82. The topological polar surface area (TPSA) is 90.8 Å². The zero-order valence-electron chi connectivity index (χ0n) is 19.4. The maximum atomic E-state index is 4.59. The minimum absolute atomic E-state index is 0.657.